The molecular formula is C13H18N4O. The first-order chi connectivity index (χ1) is 8.83. The van der Waals surface area contributed by atoms with Gasteiger partial charge in [0.2, 0.25) is 5.91 Å². The molecule has 1 aliphatic carbocycles. The second kappa shape index (κ2) is 4.92. The van der Waals surface area contributed by atoms with Gasteiger partial charge < -0.3 is 10.2 Å². The van der Waals surface area contributed by atoms with Crippen LogP contribution in [0.25, 0.3) is 0 Å². The van der Waals surface area contributed by atoms with Crippen LogP contribution in [-0.2, 0) is 4.79 Å². The first-order valence-corrected chi connectivity index (χ1v) is 6.64. The molecule has 18 heavy (non-hydrogen) atoms. The minimum absolute atomic E-state index is 0.0985. The van der Waals surface area contributed by atoms with Crippen LogP contribution in [-0.4, -0.2) is 35.0 Å². The molecule has 0 radical (unpaired) electrons. The number of piperidine rings is 1. The zero-order valence-corrected chi connectivity index (χ0v) is 10.4. The Morgan fingerprint density at radius 1 is 1.33 bits per heavy atom. The first kappa shape index (κ1) is 11.4. The summed E-state index contributed by atoms with van der Waals surface area (Å²) >= 11 is 0. The molecule has 5 nitrogen and oxygen atoms in total. The van der Waals surface area contributed by atoms with Crippen molar-refractivity contribution >= 4 is 11.7 Å². The van der Waals surface area contributed by atoms with Gasteiger partial charge in [-0.3, -0.25) is 9.78 Å². The summed E-state index contributed by atoms with van der Waals surface area (Å²) < 4.78 is 0. The number of hydrogen-bond donors (Lipinski definition) is 1. The number of nitrogens with one attached hydrogen (secondary N) is 1. The van der Waals surface area contributed by atoms with E-state index in [9.17, 15) is 4.79 Å². The van der Waals surface area contributed by atoms with Crippen molar-refractivity contribution in [1.29, 1.82) is 0 Å². The largest absolute Gasteiger partial charge is 0.355 e. The Labute approximate surface area is 107 Å². The summed E-state index contributed by atoms with van der Waals surface area (Å²) in [6, 6.07) is 0.449. The maximum atomic E-state index is 12.1. The van der Waals surface area contributed by atoms with Gasteiger partial charge in [-0.15, -0.1) is 0 Å². The maximum absolute atomic E-state index is 12.1. The van der Waals surface area contributed by atoms with Crippen molar-refractivity contribution in [2.24, 2.45) is 5.92 Å². The Morgan fingerprint density at radius 2 is 2.22 bits per heavy atom. The van der Waals surface area contributed by atoms with Crippen molar-refractivity contribution < 1.29 is 4.79 Å². The van der Waals surface area contributed by atoms with Crippen molar-refractivity contribution in [3.8, 4) is 0 Å². The van der Waals surface area contributed by atoms with Crippen molar-refractivity contribution in [2.45, 2.75) is 31.7 Å². The molecular weight excluding hydrogens is 228 g/mol. The lowest BCUT2D eigenvalue weighted by Crippen LogP contribution is -2.44. The molecule has 0 unspecified atom stereocenters. The number of anilines is 1. The molecule has 1 saturated carbocycles. The minimum atomic E-state index is 0.0985. The Kier molecular flexibility index (Phi) is 3.13. The highest BCUT2D eigenvalue weighted by Gasteiger charge is 2.30. The fraction of sp³-hybridized carbons (Fsp3) is 0.615. The van der Waals surface area contributed by atoms with Crippen LogP contribution in [0, 0.1) is 5.92 Å². The van der Waals surface area contributed by atoms with E-state index in [1.54, 1.807) is 18.6 Å². The van der Waals surface area contributed by atoms with E-state index < -0.39 is 0 Å². The standard InChI is InChI=1S/C13H18N4O/c18-13(16-11-3-4-11)10-2-1-7-17(9-10)12-8-14-5-6-15-12/h5-6,8,10-11H,1-4,7,9H2,(H,16,18)/t10-/m1/s1. The molecule has 3 rings (SSSR count). The van der Waals surface area contributed by atoms with Crippen molar-refractivity contribution in [3.05, 3.63) is 18.6 Å². The Balaban J connectivity index is 1.62. The van der Waals surface area contributed by atoms with Crippen molar-refractivity contribution in [3.63, 3.8) is 0 Å². The second-order valence-corrected chi connectivity index (χ2v) is 5.13. The number of nitrogens with zero attached hydrogens (tertiary/aromatic N) is 3. The van der Waals surface area contributed by atoms with Gasteiger partial charge >= 0.3 is 0 Å². The zero-order valence-electron chi connectivity index (χ0n) is 10.4. The average Bonchev–Trinajstić information content (AvgIpc) is 3.24. The van der Waals surface area contributed by atoms with Gasteiger partial charge in [0, 0.05) is 31.5 Å². The fourth-order valence-electron chi connectivity index (χ4n) is 2.40. The van der Waals surface area contributed by atoms with E-state index in [0.29, 0.717) is 6.04 Å². The summed E-state index contributed by atoms with van der Waals surface area (Å²) in [7, 11) is 0. The smallest absolute Gasteiger partial charge is 0.225 e. The summed E-state index contributed by atoms with van der Waals surface area (Å²) in [6.45, 7) is 1.73. The second-order valence-electron chi connectivity index (χ2n) is 5.13. The Bertz CT molecular complexity index is 418. The topological polar surface area (TPSA) is 58.1 Å². The molecule has 0 aromatic carbocycles. The van der Waals surface area contributed by atoms with Gasteiger partial charge in [0.05, 0.1) is 12.1 Å². The summed E-state index contributed by atoms with van der Waals surface area (Å²) in [6.07, 6.45) is 9.45. The summed E-state index contributed by atoms with van der Waals surface area (Å²) in [5, 5.41) is 3.09. The predicted molar refractivity (Wildman–Crippen MR) is 68.1 cm³/mol. The predicted octanol–water partition coefficient (Wildman–Crippen LogP) is 0.972. The van der Waals surface area contributed by atoms with E-state index in [4.69, 9.17) is 0 Å². The molecule has 0 bridgehead atoms. The number of carbonyl (C=O) groups excluding carboxylic acids is 1. The Hall–Kier alpha value is -1.65. The summed E-state index contributed by atoms with van der Waals surface area (Å²) in [5.74, 6) is 1.19. The molecule has 5 heteroatoms. The fourth-order valence-corrected chi connectivity index (χ4v) is 2.40. The van der Waals surface area contributed by atoms with Crippen LogP contribution < -0.4 is 10.2 Å². The van der Waals surface area contributed by atoms with E-state index >= 15 is 0 Å². The molecule has 1 N–H and O–H groups in total. The molecule has 1 saturated heterocycles. The van der Waals surface area contributed by atoms with Crippen molar-refractivity contribution in [2.75, 3.05) is 18.0 Å². The quantitative estimate of drug-likeness (QED) is 0.863. The lowest BCUT2D eigenvalue weighted by atomic mass is 9.97. The van der Waals surface area contributed by atoms with E-state index in [0.717, 1.165) is 44.6 Å². The van der Waals surface area contributed by atoms with Crippen LogP contribution in [0.4, 0.5) is 5.82 Å². The van der Waals surface area contributed by atoms with Crippen LogP contribution in [0.3, 0.4) is 0 Å². The minimum Gasteiger partial charge on any atom is -0.355 e. The van der Waals surface area contributed by atoms with Gasteiger partial charge in [0.1, 0.15) is 5.82 Å². The van der Waals surface area contributed by atoms with Crippen LogP contribution in [0.5, 0.6) is 0 Å². The van der Waals surface area contributed by atoms with Gasteiger partial charge in [0.15, 0.2) is 0 Å². The highest BCUT2D eigenvalue weighted by Crippen LogP contribution is 2.23. The van der Waals surface area contributed by atoms with Gasteiger partial charge in [-0.25, -0.2) is 4.98 Å². The number of carbonyl (C=O) groups is 1. The van der Waals surface area contributed by atoms with Gasteiger partial charge in [0.25, 0.3) is 0 Å². The molecule has 0 spiro atoms. The first-order valence-electron chi connectivity index (χ1n) is 6.64. The van der Waals surface area contributed by atoms with Gasteiger partial charge in [-0.1, -0.05) is 0 Å². The van der Waals surface area contributed by atoms with E-state index in [1.807, 2.05) is 0 Å². The van der Waals surface area contributed by atoms with Crippen LogP contribution in [0.15, 0.2) is 18.6 Å². The Morgan fingerprint density at radius 3 is 2.94 bits per heavy atom. The third-order valence-corrected chi connectivity index (χ3v) is 3.59. The highest BCUT2D eigenvalue weighted by atomic mass is 16.2. The number of rotatable bonds is 3. The summed E-state index contributed by atoms with van der Waals surface area (Å²) in [4.78, 5) is 22.6. The third kappa shape index (κ3) is 2.60. The molecule has 1 amide bonds. The molecule has 2 fully saturated rings. The number of hydrogen-bond acceptors (Lipinski definition) is 4. The average molecular weight is 246 g/mol. The molecule has 96 valence electrons. The maximum Gasteiger partial charge on any atom is 0.225 e. The van der Waals surface area contributed by atoms with Gasteiger partial charge in [-0.05, 0) is 25.7 Å². The van der Waals surface area contributed by atoms with Gasteiger partial charge in [-0.2, -0.15) is 0 Å². The van der Waals surface area contributed by atoms with E-state index in [-0.39, 0.29) is 11.8 Å². The highest BCUT2D eigenvalue weighted by molar-refractivity contribution is 5.80. The molecule has 1 aliphatic heterocycles. The normalized spacial score (nSPS) is 23.8. The lowest BCUT2D eigenvalue weighted by molar-refractivity contribution is -0.125. The van der Waals surface area contributed by atoms with Crippen LogP contribution >= 0.6 is 0 Å². The van der Waals surface area contributed by atoms with Crippen LogP contribution in [0.2, 0.25) is 0 Å². The van der Waals surface area contributed by atoms with E-state index in [1.165, 1.54) is 0 Å². The SMILES string of the molecule is O=C(NC1CC1)[C@@H]1CCCN(c2cnccn2)C1. The monoisotopic (exact) mass is 246 g/mol. The number of amides is 1. The molecule has 1 atom stereocenters. The van der Waals surface area contributed by atoms with E-state index in [2.05, 4.69) is 20.2 Å². The molecule has 2 heterocycles. The zero-order chi connectivity index (χ0) is 12.4. The molecule has 1 aromatic heterocycles. The molecule has 1 aromatic rings. The number of aromatic nitrogens is 2. The molecule has 2 aliphatic rings. The summed E-state index contributed by atoms with van der Waals surface area (Å²) in [5.41, 5.74) is 0. The lowest BCUT2D eigenvalue weighted by Gasteiger charge is -2.32. The van der Waals surface area contributed by atoms with Crippen molar-refractivity contribution in [1.82, 2.24) is 15.3 Å². The van der Waals surface area contributed by atoms with Crippen LogP contribution in [0.1, 0.15) is 25.7 Å². The third-order valence-electron chi connectivity index (χ3n) is 3.59.